The van der Waals surface area contributed by atoms with E-state index in [4.69, 9.17) is 0 Å². The molecule has 0 bridgehead atoms. The van der Waals surface area contributed by atoms with Gasteiger partial charge in [-0.3, -0.25) is 0 Å². The van der Waals surface area contributed by atoms with Crippen molar-refractivity contribution in [2.75, 3.05) is 0 Å². The Morgan fingerprint density at radius 2 is 2.67 bits per heavy atom. The maximum Gasteiger partial charge on any atom is 0.154 e. The lowest BCUT2D eigenvalue weighted by Gasteiger charge is -1.97. The van der Waals surface area contributed by atoms with Crippen molar-refractivity contribution >= 4 is 15.9 Å². The molecule has 1 aliphatic heterocycles. The van der Waals surface area contributed by atoms with Gasteiger partial charge in [-0.2, -0.15) is 0 Å². The monoisotopic (exact) mass is 147 g/mol. The van der Waals surface area contributed by atoms with Crippen LogP contribution in [0.2, 0.25) is 0 Å². The Morgan fingerprint density at radius 3 is 2.83 bits per heavy atom. The predicted octanol–water partition coefficient (Wildman–Crippen LogP) is 0.132. The van der Waals surface area contributed by atoms with Gasteiger partial charge in [-0.05, 0) is 15.9 Å². The van der Waals surface area contributed by atoms with Crippen LogP contribution in [-0.2, 0) is 0 Å². The lowest BCUT2D eigenvalue weighted by molar-refractivity contribution is 0.778. The summed E-state index contributed by atoms with van der Waals surface area (Å²) < 4.78 is 0. The number of hydrogen-bond acceptors (Lipinski definition) is 2. The summed E-state index contributed by atoms with van der Waals surface area (Å²) in [7, 11) is 0. The molecule has 0 fully saturated rings. The van der Waals surface area contributed by atoms with E-state index in [1.54, 1.807) is 6.20 Å². The van der Waals surface area contributed by atoms with Crippen molar-refractivity contribution < 1.29 is 0 Å². The molecule has 1 heterocycles. The second kappa shape index (κ2) is 1.51. The van der Waals surface area contributed by atoms with Crippen molar-refractivity contribution in [3.8, 4) is 0 Å². The third-order valence-corrected chi connectivity index (χ3v) is 1.01. The van der Waals surface area contributed by atoms with Crippen LogP contribution in [0.25, 0.3) is 0 Å². The molecule has 1 unspecified atom stereocenters. The van der Waals surface area contributed by atoms with Gasteiger partial charge in [0.1, 0.15) is 0 Å². The van der Waals surface area contributed by atoms with Gasteiger partial charge in [-0.15, -0.1) is 0 Å². The topological polar surface area (TPSA) is 24.1 Å². The summed E-state index contributed by atoms with van der Waals surface area (Å²) in [5.41, 5.74) is 0. The summed E-state index contributed by atoms with van der Waals surface area (Å²) in [6.07, 6.45) is 4.46. The van der Waals surface area contributed by atoms with Crippen molar-refractivity contribution in [2.24, 2.45) is 0 Å². The minimum absolute atomic E-state index is 0.192. The smallest absolute Gasteiger partial charge is 0.154 e. The summed E-state index contributed by atoms with van der Waals surface area (Å²) in [4.78, 5) is 0. The van der Waals surface area contributed by atoms with Crippen LogP contribution >= 0.6 is 15.9 Å². The molecule has 0 aromatic carbocycles. The molecule has 0 aromatic heterocycles. The molecule has 0 aromatic rings. The molecule has 0 saturated heterocycles. The first kappa shape index (κ1) is 3.99. The second-order valence-corrected chi connectivity index (χ2v) is 1.88. The molecule has 0 amide bonds. The van der Waals surface area contributed by atoms with E-state index in [-0.39, 0.29) is 5.08 Å². The minimum Gasteiger partial charge on any atom is -0.361 e. The van der Waals surface area contributed by atoms with Crippen molar-refractivity contribution in [1.29, 1.82) is 0 Å². The molecule has 6 heavy (non-hydrogen) atoms. The number of alkyl halides is 1. The molecule has 2 N–H and O–H groups in total. The summed E-state index contributed by atoms with van der Waals surface area (Å²) in [5, 5.41) is 5.90. The average molecular weight is 148 g/mol. The third-order valence-electron chi connectivity index (χ3n) is 0.512. The zero-order valence-corrected chi connectivity index (χ0v) is 4.62. The molecule has 1 atom stereocenters. The molecule has 33 valence electrons. The maximum atomic E-state index is 3.22. The maximum absolute atomic E-state index is 3.22. The van der Waals surface area contributed by atoms with E-state index in [1.165, 1.54) is 0 Å². The van der Waals surface area contributed by atoms with E-state index in [1.807, 2.05) is 0 Å². The summed E-state index contributed by atoms with van der Waals surface area (Å²) in [6.45, 7) is 0. The zero-order chi connectivity index (χ0) is 4.41. The van der Waals surface area contributed by atoms with Gasteiger partial charge in [0.2, 0.25) is 0 Å². The normalized spacial score (nSPS) is 20.2. The summed E-state index contributed by atoms with van der Waals surface area (Å²) in [6, 6.07) is 0. The molecule has 0 saturated carbocycles. The fraction of sp³-hybridized carbons (Fsp3) is 0.333. The van der Waals surface area contributed by atoms with Crippen LogP contribution in [0.4, 0.5) is 0 Å². The van der Waals surface area contributed by atoms with Crippen molar-refractivity contribution in [3.05, 3.63) is 12.4 Å². The fourth-order valence-electron chi connectivity index (χ4n) is 0.271. The average Bonchev–Trinajstić information content (AvgIpc) is 1.86. The van der Waals surface area contributed by atoms with Crippen LogP contribution in [0.3, 0.4) is 0 Å². The second-order valence-electron chi connectivity index (χ2n) is 0.962. The number of nitrogens with one attached hydrogen (secondary N) is 2. The molecular weight excluding hydrogens is 144 g/mol. The Kier molecular flexibility index (Phi) is 1.01. The molecule has 1 rings (SSSR count). The summed E-state index contributed by atoms with van der Waals surface area (Å²) in [5.74, 6) is 0. The van der Waals surface area contributed by atoms with Crippen LogP contribution in [0.5, 0.6) is 0 Å². The SMILES string of the molecule is BrC1N[C]=CN1. The van der Waals surface area contributed by atoms with Crippen LogP contribution in [0.1, 0.15) is 0 Å². The van der Waals surface area contributed by atoms with E-state index in [0.29, 0.717) is 0 Å². The lowest BCUT2D eigenvalue weighted by Crippen LogP contribution is -2.22. The number of rotatable bonds is 0. The number of halogens is 1. The van der Waals surface area contributed by atoms with E-state index < -0.39 is 0 Å². The molecule has 3 heteroatoms. The largest absolute Gasteiger partial charge is 0.361 e. The summed E-state index contributed by atoms with van der Waals surface area (Å²) >= 11 is 3.22. The van der Waals surface area contributed by atoms with Gasteiger partial charge in [0.25, 0.3) is 0 Å². The van der Waals surface area contributed by atoms with E-state index >= 15 is 0 Å². The highest BCUT2D eigenvalue weighted by Crippen LogP contribution is 1.91. The molecule has 0 spiro atoms. The lowest BCUT2D eigenvalue weighted by atomic mass is 11.0. The van der Waals surface area contributed by atoms with Gasteiger partial charge in [0.15, 0.2) is 5.08 Å². The Balaban J connectivity index is 2.32. The Morgan fingerprint density at radius 1 is 1.83 bits per heavy atom. The number of hydrogen-bond donors (Lipinski definition) is 2. The Bertz CT molecular complexity index is 63.2. The fourth-order valence-corrected chi connectivity index (χ4v) is 0.536. The van der Waals surface area contributed by atoms with E-state index in [9.17, 15) is 0 Å². The zero-order valence-electron chi connectivity index (χ0n) is 3.03. The van der Waals surface area contributed by atoms with Gasteiger partial charge < -0.3 is 10.6 Å². The highest BCUT2D eigenvalue weighted by Gasteiger charge is 1.98. The van der Waals surface area contributed by atoms with Gasteiger partial charge >= 0.3 is 0 Å². The quantitative estimate of drug-likeness (QED) is 0.377. The van der Waals surface area contributed by atoms with E-state index in [0.717, 1.165) is 0 Å². The van der Waals surface area contributed by atoms with Crippen LogP contribution in [0.15, 0.2) is 6.20 Å². The standard InChI is InChI=1S/C3H4BrN2/c4-3-5-1-2-6-3/h1,3,5-6H. The predicted molar refractivity (Wildman–Crippen MR) is 26.8 cm³/mol. The first-order valence-electron chi connectivity index (χ1n) is 1.62. The molecule has 0 aliphatic carbocycles. The Hall–Kier alpha value is -0.180. The highest BCUT2D eigenvalue weighted by atomic mass is 79.9. The van der Waals surface area contributed by atoms with Gasteiger partial charge in [-0.25, -0.2) is 0 Å². The molecule has 1 radical (unpaired) electrons. The van der Waals surface area contributed by atoms with Gasteiger partial charge in [-0.1, -0.05) is 0 Å². The van der Waals surface area contributed by atoms with Gasteiger partial charge in [0, 0.05) is 6.20 Å². The van der Waals surface area contributed by atoms with Gasteiger partial charge in [0.05, 0.1) is 6.20 Å². The minimum atomic E-state index is 0.192. The first-order valence-corrected chi connectivity index (χ1v) is 2.54. The van der Waals surface area contributed by atoms with Crippen molar-refractivity contribution in [1.82, 2.24) is 10.6 Å². The Labute approximate surface area is 44.7 Å². The molecular formula is C3H4BrN2. The van der Waals surface area contributed by atoms with Crippen LogP contribution < -0.4 is 10.6 Å². The highest BCUT2D eigenvalue weighted by molar-refractivity contribution is 9.09. The van der Waals surface area contributed by atoms with Crippen molar-refractivity contribution in [2.45, 2.75) is 5.08 Å². The molecule has 2 nitrogen and oxygen atoms in total. The van der Waals surface area contributed by atoms with E-state index in [2.05, 4.69) is 32.8 Å². The van der Waals surface area contributed by atoms with Crippen LogP contribution in [0, 0.1) is 6.20 Å². The third kappa shape index (κ3) is 0.653. The van der Waals surface area contributed by atoms with Crippen LogP contribution in [-0.4, -0.2) is 5.08 Å². The van der Waals surface area contributed by atoms with Crippen molar-refractivity contribution in [3.63, 3.8) is 0 Å². The first-order chi connectivity index (χ1) is 2.89. The molecule has 1 aliphatic rings.